The van der Waals surface area contributed by atoms with Gasteiger partial charge in [-0.05, 0) is 172 Å². The second-order valence-corrected chi connectivity index (χ2v) is 28.3. The third-order valence-corrected chi connectivity index (χ3v) is 16.7. The Bertz CT molecular complexity index is 4970. The van der Waals surface area contributed by atoms with Crippen LogP contribution < -0.4 is 9.30 Å². The molecule has 5 nitrogen and oxygen atoms in total. The maximum absolute atomic E-state index is 9.55. The molecule has 0 radical (unpaired) electrons. The van der Waals surface area contributed by atoms with Crippen LogP contribution in [-0.2, 0) is 48.1 Å². The molecule has 0 aliphatic heterocycles. The van der Waals surface area contributed by atoms with Gasteiger partial charge in [0.15, 0.2) is 0 Å². The van der Waals surface area contributed by atoms with E-state index in [1.54, 1.807) is 6.07 Å². The van der Waals surface area contributed by atoms with Gasteiger partial charge in [-0.15, -0.1) is 29.7 Å². The second kappa shape index (κ2) is 22.8. The summed E-state index contributed by atoms with van der Waals surface area (Å²) in [4.78, 5) is 4.89. The molecule has 0 amide bonds. The Labute approximate surface area is 552 Å². The molecular formula is C82H82N4OPt-2. The van der Waals surface area contributed by atoms with Gasteiger partial charge < -0.3 is 13.9 Å². The van der Waals surface area contributed by atoms with E-state index in [0.29, 0.717) is 56.2 Å². The normalized spacial score (nSPS) is 14.6. The van der Waals surface area contributed by atoms with E-state index in [1.165, 1.54) is 18.2 Å². The molecule has 9 aromatic carbocycles. The summed E-state index contributed by atoms with van der Waals surface area (Å²) < 4.78 is 112. The molecule has 0 saturated carbocycles. The SMILES string of the molecule is [2H]c1c([2H])c([2H])c(-c2cc(-c3cc(C(C)(C)C)cc(C(C)(C)C)c3)c(-[n+]3[c-]n(-c4[c-]c(Oc5[c-]c6c(cc5)c5ccccc5n6-c5cc(C(C)(C)C)ccn5)ccc4)c4cc(-c5c(C([2H])([2H])[2H])cccc5C([2H])([2H])[2H])ccc43)c(-c3cc(C(C)(C)C)cc(C(C)(C)C)c3)c2)c([2H])c1[2H].[Pt]. The maximum Gasteiger partial charge on any atom is 0.268 e. The number of para-hydroxylation sites is 1. The van der Waals surface area contributed by atoms with Crippen molar-refractivity contribution in [3.8, 4) is 73.2 Å². The van der Waals surface area contributed by atoms with E-state index in [4.69, 9.17) is 22.1 Å². The van der Waals surface area contributed by atoms with Gasteiger partial charge in [-0.1, -0.05) is 225 Å². The van der Waals surface area contributed by atoms with Crippen molar-refractivity contribution in [3.05, 3.63) is 245 Å². The Morgan fingerprint density at radius 1 is 0.477 bits per heavy atom. The quantitative estimate of drug-likeness (QED) is 0.107. The fraction of sp³-hybridized carbons (Fsp3) is 0.268. The zero-order valence-electron chi connectivity index (χ0n) is 64.0. The maximum atomic E-state index is 9.55. The van der Waals surface area contributed by atoms with E-state index < -0.39 is 31.8 Å². The molecule has 12 aromatic rings. The Balaban J connectivity index is 0.00000990. The number of hydrogen-bond acceptors (Lipinski definition) is 2. The van der Waals surface area contributed by atoms with Crippen LogP contribution in [0.1, 0.15) is 158 Å². The molecule has 0 spiro atoms. The summed E-state index contributed by atoms with van der Waals surface area (Å²) >= 11 is 0. The molecule has 0 aliphatic rings. The van der Waals surface area contributed by atoms with Gasteiger partial charge >= 0.3 is 0 Å². The van der Waals surface area contributed by atoms with Crippen molar-refractivity contribution in [2.45, 2.75) is 145 Å². The summed E-state index contributed by atoms with van der Waals surface area (Å²) in [7, 11) is 0. The number of imidazole rings is 1. The van der Waals surface area contributed by atoms with Gasteiger partial charge in [-0.2, -0.15) is 18.2 Å². The van der Waals surface area contributed by atoms with Crippen LogP contribution >= 0.6 is 0 Å². The predicted molar refractivity (Wildman–Crippen MR) is 365 cm³/mol. The van der Waals surface area contributed by atoms with Crippen molar-refractivity contribution < 1.29 is 45.4 Å². The third kappa shape index (κ3) is 11.9. The Morgan fingerprint density at radius 3 is 1.62 bits per heavy atom. The molecule has 0 fully saturated rings. The van der Waals surface area contributed by atoms with Gasteiger partial charge in [0.2, 0.25) is 0 Å². The smallest absolute Gasteiger partial charge is 0.268 e. The Morgan fingerprint density at radius 2 is 1.05 bits per heavy atom. The number of ether oxygens (including phenoxy) is 1. The number of rotatable bonds is 9. The number of benzene rings is 9. The molecular weight excluding hydrogens is 1250 g/mol. The number of pyridine rings is 1. The fourth-order valence-electron chi connectivity index (χ4n) is 11.5. The largest absolute Gasteiger partial charge is 0.510 e. The van der Waals surface area contributed by atoms with E-state index in [0.717, 1.165) is 66.6 Å². The molecule has 448 valence electrons. The number of aromatic nitrogens is 4. The molecule has 0 unspecified atom stereocenters. The van der Waals surface area contributed by atoms with Crippen molar-refractivity contribution in [1.82, 2.24) is 14.1 Å². The van der Waals surface area contributed by atoms with E-state index in [-0.39, 0.29) is 82.5 Å². The van der Waals surface area contributed by atoms with Gasteiger partial charge in [0.25, 0.3) is 6.33 Å². The van der Waals surface area contributed by atoms with Gasteiger partial charge in [0.1, 0.15) is 5.82 Å². The van der Waals surface area contributed by atoms with Gasteiger partial charge in [0, 0.05) is 52.5 Å². The number of aryl methyl sites for hydroxylation is 2. The molecule has 3 aromatic heterocycles. The number of hydrogen-bond donors (Lipinski definition) is 0. The van der Waals surface area contributed by atoms with Crippen LogP contribution in [0.25, 0.3) is 94.5 Å². The first kappa shape index (κ1) is 48.8. The topological polar surface area (TPSA) is 35.9 Å². The molecule has 12 rings (SSSR count). The molecule has 6 heteroatoms. The molecule has 0 atom stereocenters. The molecule has 0 bridgehead atoms. The third-order valence-electron chi connectivity index (χ3n) is 16.7. The minimum atomic E-state index is -2.72. The van der Waals surface area contributed by atoms with Crippen LogP contribution in [0.3, 0.4) is 0 Å². The molecule has 0 aliphatic carbocycles. The summed E-state index contributed by atoms with van der Waals surface area (Å²) in [5, 5.41) is 1.99. The fourth-order valence-corrected chi connectivity index (χ4v) is 11.5. The molecule has 3 heterocycles. The van der Waals surface area contributed by atoms with Crippen LogP contribution in [0, 0.1) is 32.2 Å². The first-order valence-electron chi connectivity index (χ1n) is 35.4. The summed E-state index contributed by atoms with van der Waals surface area (Å²) in [6.07, 6.45) is 5.66. The minimum absolute atomic E-state index is 0. The zero-order valence-corrected chi connectivity index (χ0v) is 55.3. The molecule has 0 N–H and O–H groups in total. The van der Waals surface area contributed by atoms with Gasteiger partial charge in [-0.25, -0.2) is 4.98 Å². The van der Waals surface area contributed by atoms with Crippen molar-refractivity contribution in [3.63, 3.8) is 0 Å². The van der Waals surface area contributed by atoms with Crippen LogP contribution in [-0.4, -0.2) is 14.1 Å². The second-order valence-electron chi connectivity index (χ2n) is 28.3. The zero-order chi connectivity index (χ0) is 71.1. The molecule has 88 heavy (non-hydrogen) atoms. The summed E-state index contributed by atoms with van der Waals surface area (Å²) in [5.41, 5.74) is 11.0. The predicted octanol–water partition coefficient (Wildman–Crippen LogP) is 21.4. The van der Waals surface area contributed by atoms with Gasteiger partial charge in [0.05, 0.1) is 23.6 Å². The van der Waals surface area contributed by atoms with Crippen LogP contribution in [0.2, 0.25) is 0 Å². The Hall–Kier alpha value is -8.11. The number of nitrogens with zero attached hydrogens (tertiary/aromatic N) is 4. The minimum Gasteiger partial charge on any atom is -0.510 e. The number of fused-ring (bicyclic) bond motifs is 4. The van der Waals surface area contributed by atoms with E-state index in [2.05, 4.69) is 181 Å². The van der Waals surface area contributed by atoms with Crippen LogP contribution in [0.15, 0.2) is 188 Å². The van der Waals surface area contributed by atoms with Crippen molar-refractivity contribution >= 4 is 32.8 Å². The monoisotopic (exact) mass is 1340 g/mol. The molecule has 0 saturated heterocycles. The van der Waals surface area contributed by atoms with E-state index in [9.17, 15) is 2.74 Å². The average Bonchev–Trinajstić information content (AvgIpc) is 1.71. The first-order chi connectivity index (χ1) is 45.6. The van der Waals surface area contributed by atoms with Crippen LogP contribution in [0.4, 0.5) is 0 Å². The first-order valence-corrected chi connectivity index (χ1v) is 29.9. The van der Waals surface area contributed by atoms with E-state index in [1.807, 2.05) is 88.1 Å². The summed E-state index contributed by atoms with van der Waals surface area (Å²) in [6.45, 7) is 27.2. The van der Waals surface area contributed by atoms with Gasteiger partial charge in [-0.3, -0.25) is 4.57 Å². The van der Waals surface area contributed by atoms with Crippen LogP contribution in [0.5, 0.6) is 11.5 Å². The Kier molecular flexibility index (Phi) is 12.7. The average molecular weight is 1350 g/mol. The van der Waals surface area contributed by atoms with Crippen molar-refractivity contribution in [2.75, 3.05) is 0 Å². The van der Waals surface area contributed by atoms with Crippen molar-refractivity contribution in [1.29, 1.82) is 0 Å². The van der Waals surface area contributed by atoms with Crippen molar-refractivity contribution in [2.24, 2.45) is 0 Å². The van der Waals surface area contributed by atoms with E-state index >= 15 is 0 Å². The standard InChI is InChI=1S/C82H82N4O.Pt/c1-52-25-23-26-53(2)76(52)55-33-36-72-74(45-55)84(64-29-24-30-65(49-64)87-66-34-35-68-67-31-21-22-32-71(67)86(73(68)50-66)75-48-59(37-38-83-75)78(3,4)5)51-85(72)77-69(57-39-60(79(6,7)8)46-61(40-57)80(9,10)11)43-56(54-27-19-18-20-28-54)44-70(77)58-41-62(81(12,13)14)47-63(42-58)82(15,16)17;/h18-48H,1-17H3;/q-2;/i1D3,2D3,18D,19D,20D,27D,28D;. The summed E-state index contributed by atoms with van der Waals surface area (Å²) in [6, 6.07) is 53.7. The summed E-state index contributed by atoms with van der Waals surface area (Å²) in [5.74, 6) is 1.48.